The molecule has 128 valence electrons. The van der Waals surface area contributed by atoms with E-state index in [1.165, 1.54) is 10.4 Å². The lowest BCUT2D eigenvalue weighted by atomic mass is 10.1. The molecule has 0 amide bonds. The van der Waals surface area contributed by atoms with Gasteiger partial charge in [0.15, 0.2) is 0 Å². The van der Waals surface area contributed by atoms with Crippen molar-refractivity contribution in [1.29, 1.82) is 0 Å². The van der Waals surface area contributed by atoms with Gasteiger partial charge in [-0.25, -0.2) is 9.52 Å². The fourth-order valence-electron chi connectivity index (χ4n) is 2.74. The number of carbonyl (C=O) groups is 1. The number of nitrogens with zero attached hydrogens (tertiary/aromatic N) is 1. The molecule has 1 aliphatic heterocycles. The van der Waals surface area contributed by atoms with E-state index in [0.717, 1.165) is 6.42 Å². The minimum Gasteiger partial charge on any atom is -0.478 e. The van der Waals surface area contributed by atoms with Crippen molar-refractivity contribution >= 4 is 16.2 Å². The van der Waals surface area contributed by atoms with Crippen molar-refractivity contribution in [2.45, 2.75) is 12.8 Å². The number of rotatable bonds is 8. The molecule has 1 atom stereocenters. The molecule has 0 bridgehead atoms. The third-order valence-electron chi connectivity index (χ3n) is 3.92. The summed E-state index contributed by atoms with van der Waals surface area (Å²) < 4.78 is 33.5. The van der Waals surface area contributed by atoms with Crippen LogP contribution in [-0.2, 0) is 21.4 Å². The first-order chi connectivity index (χ1) is 10.9. The van der Waals surface area contributed by atoms with Gasteiger partial charge in [0.05, 0.1) is 12.2 Å². The number of nitrogens with one attached hydrogen (secondary N) is 1. The monoisotopic (exact) mass is 342 g/mol. The molecule has 1 saturated heterocycles. The topological polar surface area (TPSA) is 95.9 Å². The maximum atomic E-state index is 12.2. The Morgan fingerprint density at radius 3 is 2.87 bits per heavy atom. The fraction of sp³-hybridized carbons (Fsp3) is 0.533. The van der Waals surface area contributed by atoms with Gasteiger partial charge in [0, 0.05) is 26.7 Å². The van der Waals surface area contributed by atoms with Gasteiger partial charge < -0.3 is 9.84 Å². The number of carboxylic acids is 1. The number of ether oxygens (including phenoxy) is 1. The van der Waals surface area contributed by atoms with E-state index in [1.807, 2.05) is 0 Å². The van der Waals surface area contributed by atoms with Crippen LogP contribution >= 0.6 is 0 Å². The highest BCUT2D eigenvalue weighted by Crippen LogP contribution is 2.18. The largest absolute Gasteiger partial charge is 0.478 e. The normalized spacial score (nSPS) is 19.1. The van der Waals surface area contributed by atoms with Crippen LogP contribution in [0.5, 0.6) is 0 Å². The minimum absolute atomic E-state index is 0.165. The minimum atomic E-state index is -3.53. The average molecular weight is 342 g/mol. The van der Waals surface area contributed by atoms with Crippen LogP contribution in [0.1, 0.15) is 22.3 Å². The van der Waals surface area contributed by atoms with Crippen molar-refractivity contribution in [3.63, 3.8) is 0 Å². The smallest absolute Gasteiger partial charge is 0.335 e. The van der Waals surface area contributed by atoms with Crippen LogP contribution in [0, 0.1) is 5.92 Å². The number of hydrogen-bond acceptors (Lipinski definition) is 4. The SMILES string of the molecule is COCC1CCN(S(=O)(=O)NCCc2ccccc2C(=O)O)C1. The van der Waals surface area contributed by atoms with Crippen molar-refractivity contribution in [3.8, 4) is 0 Å². The zero-order valence-corrected chi connectivity index (χ0v) is 13.9. The number of benzene rings is 1. The molecule has 0 saturated carbocycles. The lowest BCUT2D eigenvalue weighted by Gasteiger charge is -2.17. The van der Waals surface area contributed by atoms with Crippen molar-refractivity contribution < 1.29 is 23.1 Å². The zero-order chi connectivity index (χ0) is 16.9. The Hall–Kier alpha value is -1.48. The summed E-state index contributed by atoms with van der Waals surface area (Å²) in [6.45, 7) is 1.65. The molecule has 8 heteroatoms. The number of aromatic carboxylic acids is 1. The first-order valence-corrected chi connectivity index (χ1v) is 8.93. The third-order valence-corrected chi connectivity index (χ3v) is 5.50. The van der Waals surface area contributed by atoms with Crippen LogP contribution in [0.2, 0.25) is 0 Å². The van der Waals surface area contributed by atoms with Crippen LogP contribution in [0.15, 0.2) is 24.3 Å². The fourth-order valence-corrected chi connectivity index (χ4v) is 4.04. The summed E-state index contributed by atoms with van der Waals surface area (Å²) in [6, 6.07) is 6.60. The van der Waals surface area contributed by atoms with Crippen LogP contribution < -0.4 is 4.72 Å². The molecule has 1 heterocycles. The van der Waals surface area contributed by atoms with Crippen LogP contribution in [0.3, 0.4) is 0 Å². The molecule has 0 aromatic heterocycles. The predicted molar refractivity (Wildman–Crippen MR) is 85.6 cm³/mol. The van der Waals surface area contributed by atoms with Crippen molar-refractivity contribution in [2.24, 2.45) is 5.92 Å². The molecule has 0 spiro atoms. The predicted octanol–water partition coefficient (Wildman–Crippen LogP) is 0.730. The molecule has 1 aromatic carbocycles. The summed E-state index contributed by atoms with van der Waals surface area (Å²) in [4.78, 5) is 11.1. The van der Waals surface area contributed by atoms with E-state index in [4.69, 9.17) is 9.84 Å². The van der Waals surface area contributed by atoms with Gasteiger partial charge in [-0.05, 0) is 30.4 Å². The van der Waals surface area contributed by atoms with E-state index in [1.54, 1.807) is 25.3 Å². The summed E-state index contributed by atoms with van der Waals surface area (Å²) in [5.74, 6) is -0.783. The van der Waals surface area contributed by atoms with Gasteiger partial charge in [0.2, 0.25) is 0 Å². The van der Waals surface area contributed by atoms with Crippen LogP contribution in [0.25, 0.3) is 0 Å². The highest BCUT2D eigenvalue weighted by atomic mass is 32.2. The Morgan fingerprint density at radius 2 is 2.17 bits per heavy atom. The Kier molecular flexibility index (Phi) is 6.11. The number of methoxy groups -OCH3 is 1. The molecular weight excluding hydrogens is 320 g/mol. The second-order valence-corrected chi connectivity index (χ2v) is 7.33. The summed E-state index contributed by atoms with van der Waals surface area (Å²) in [7, 11) is -1.93. The average Bonchev–Trinajstić information content (AvgIpc) is 2.97. The lowest BCUT2D eigenvalue weighted by molar-refractivity contribution is 0.0695. The molecule has 7 nitrogen and oxygen atoms in total. The van der Waals surface area contributed by atoms with E-state index in [2.05, 4.69) is 4.72 Å². The molecule has 2 rings (SSSR count). The summed E-state index contributed by atoms with van der Waals surface area (Å²) in [5.41, 5.74) is 0.814. The maximum Gasteiger partial charge on any atom is 0.335 e. The quantitative estimate of drug-likeness (QED) is 0.726. The van der Waals surface area contributed by atoms with Gasteiger partial charge >= 0.3 is 5.97 Å². The second-order valence-electron chi connectivity index (χ2n) is 5.58. The van der Waals surface area contributed by atoms with Gasteiger partial charge in [0.25, 0.3) is 10.2 Å². The Balaban J connectivity index is 1.90. The van der Waals surface area contributed by atoms with Crippen LogP contribution in [0.4, 0.5) is 0 Å². The van der Waals surface area contributed by atoms with E-state index in [-0.39, 0.29) is 18.0 Å². The third kappa shape index (κ3) is 4.74. The molecule has 1 aliphatic rings. The molecular formula is C15H22N2O5S. The molecule has 1 fully saturated rings. The summed E-state index contributed by atoms with van der Waals surface area (Å²) in [5, 5.41) is 9.12. The van der Waals surface area contributed by atoms with Crippen molar-refractivity contribution in [2.75, 3.05) is 33.4 Å². The first-order valence-electron chi connectivity index (χ1n) is 7.49. The highest BCUT2D eigenvalue weighted by molar-refractivity contribution is 7.87. The van der Waals surface area contributed by atoms with Gasteiger partial charge in [-0.15, -0.1) is 0 Å². The second kappa shape index (κ2) is 7.87. The van der Waals surface area contributed by atoms with Gasteiger partial charge in [-0.3, -0.25) is 0 Å². The summed E-state index contributed by atoms with van der Waals surface area (Å²) >= 11 is 0. The molecule has 1 aromatic rings. The van der Waals surface area contributed by atoms with E-state index in [0.29, 0.717) is 31.7 Å². The van der Waals surface area contributed by atoms with Gasteiger partial charge in [0.1, 0.15) is 0 Å². The molecule has 23 heavy (non-hydrogen) atoms. The Labute approximate surface area is 136 Å². The molecule has 2 N–H and O–H groups in total. The summed E-state index contributed by atoms with van der Waals surface area (Å²) in [6.07, 6.45) is 1.12. The molecule has 1 unspecified atom stereocenters. The van der Waals surface area contributed by atoms with Crippen molar-refractivity contribution in [1.82, 2.24) is 9.03 Å². The van der Waals surface area contributed by atoms with E-state index >= 15 is 0 Å². The lowest BCUT2D eigenvalue weighted by Crippen LogP contribution is -2.40. The van der Waals surface area contributed by atoms with Gasteiger partial charge in [-0.1, -0.05) is 18.2 Å². The molecule has 0 aliphatic carbocycles. The van der Waals surface area contributed by atoms with Gasteiger partial charge in [-0.2, -0.15) is 12.7 Å². The number of carboxylic acid groups (broad SMARTS) is 1. The van der Waals surface area contributed by atoms with E-state index in [9.17, 15) is 13.2 Å². The maximum absolute atomic E-state index is 12.2. The Bertz CT molecular complexity index is 647. The van der Waals surface area contributed by atoms with Crippen molar-refractivity contribution in [3.05, 3.63) is 35.4 Å². The van der Waals surface area contributed by atoms with Crippen LogP contribution in [-0.4, -0.2) is 57.1 Å². The highest BCUT2D eigenvalue weighted by Gasteiger charge is 2.30. The Morgan fingerprint density at radius 1 is 1.43 bits per heavy atom. The molecule has 0 radical (unpaired) electrons. The zero-order valence-electron chi connectivity index (χ0n) is 13.1. The standard InChI is InChI=1S/C15H22N2O5S/c1-22-11-12-7-9-17(10-12)23(20,21)16-8-6-13-4-2-3-5-14(13)15(18)19/h2-5,12,16H,6-11H2,1H3,(H,18,19). The first kappa shape index (κ1) is 17.9. The van der Waals surface area contributed by atoms with E-state index < -0.39 is 16.2 Å². The number of hydrogen-bond donors (Lipinski definition) is 2.